The lowest BCUT2D eigenvalue weighted by atomic mass is 9.85. The number of Topliss-reactive ketones (excluding diaryl/α,β-unsaturated/α-hetero) is 1. The maximum atomic E-state index is 11.2. The first-order valence-electron chi connectivity index (χ1n) is 9.44. The third kappa shape index (κ3) is 4.53. The van der Waals surface area contributed by atoms with Crippen molar-refractivity contribution >= 4 is 28.5 Å². The van der Waals surface area contributed by atoms with Gasteiger partial charge in [-0.2, -0.15) is 10.1 Å². The number of hydrogen-bond acceptors (Lipinski definition) is 5. The summed E-state index contributed by atoms with van der Waals surface area (Å²) < 4.78 is 3.81. The molecule has 3 heterocycles. The van der Waals surface area contributed by atoms with Crippen LogP contribution in [0.2, 0.25) is 0 Å². The quantitative estimate of drug-likeness (QED) is 0.653. The highest BCUT2D eigenvalue weighted by Crippen LogP contribution is 2.25. The van der Waals surface area contributed by atoms with E-state index >= 15 is 0 Å². The Kier molecular flexibility index (Phi) is 5.58. The van der Waals surface area contributed by atoms with E-state index in [4.69, 9.17) is 4.98 Å². The third-order valence-corrected chi connectivity index (χ3v) is 4.90. The zero-order valence-electron chi connectivity index (χ0n) is 16.7. The molecule has 0 aromatic carbocycles. The third-order valence-electron chi connectivity index (χ3n) is 4.90. The lowest BCUT2D eigenvalue weighted by Gasteiger charge is -2.25. The van der Waals surface area contributed by atoms with Crippen molar-refractivity contribution in [2.24, 2.45) is 17.8 Å². The minimum Gasteiger partial charge on any atom is -0.332 e. The van der Waals surface area contributed by atoms with Crippen LogP contribution in [0, 0.1) is 17.8 Å². The van der Waals surface area contributed by atoms with Gasteiger partial charge in [-0.25, -0.2) is 4.98 Å². The largest absolute Gasteiger partial charge is 0.332 e. The van der Waals surface area contributed by atoms with Crippen LogP contribution in [0.5, 0.6) is 0 Å². The van der Waals surface area contributed by atoms with Gasteiger partial charge < -0.3 is 9.88 Å². The van der Waals surface area contributed by atoms with Gasteiger partial charge in [-0.05, 0) is 30.7 Å². The van der Waals surface area contributed by atoms with Crippen LogP contribution >= 0.6 is 0 Å². The SMILES string of the molecule is CC(=O)Cn1cc(Nc2ncc3ccn(CC(C(C)C)C(C)C)c3n2)cn1. The lowest BCUT2D eigenvalue weighted by molar-refractivity contribution is -0.117. The van der Waals surface area contributed by atoms with Crippen LogP contribution in [0.1, 0.15) is 34.6 Å². The molecule has 3 rings (SSSR count). The molecule has 144 valence electrons. The molecular weight excluding hydrogens is 340 g/mol. The van der Waals surface area contributed by atoms with Crippen LogP contribution in [0.25, 0.3) is 11.0 Å². The summed E-state index contributed by atoms with van der Waals surface area (Å²) in [5, 5.41) is 8.38. The van der Waals surface area contributed by atoms with Crippen molar-refractivity contribution in [1.29, 1.82) is 0 Å². The summed E-state index contributed by atoms with van der Waals surface area (Å²) in [6.45, 7) is 11.8. The second-order valence-electron chi connectivity index (χ2n) is 7.85. The van der Waals surface area contributed by atoms with Crippen molar-refractivity contribution in [3.63, 3.8) is 0 Å². The summed E-state index contributed by atoms with van der Waals surface area (Å²) in [6, 6.07) is 2.06. The Morgan fingerprint density at radius 3 is 2.59 bits per heavy atom. The first kappa shape index (κ1) is 19.1. The van der Waals surface area contributed by atoms with Crippen LogP contribution < -0.4 is 5.32 Å². The van der Waals surface area contributed by atoms with Crippen LogP contribution in [-0.4, -0.2) is 30.1 Å². The molecular formula is C20H28N6O. The first-order chi connectivity index (χ1) is 12.8. The average Bonchev–Trinajstić information content (AvgIpc) is 3.18. The van der Waals surface area contributed by atoms with E-state index in [2.05, 4.69) is 59.9 Å². The fourth-order valence-electron chi connectivity index (χ4n) is 3.47. The molecule has 0 radical (unpaired) electrons. The van der Waals surface area contributed by atoms with E-state index in [1.807, 2.05) is 6.20 Å². The van der Waals surface area contributed by atoms with Crippen molar-refractivity contribution in [1.82, 2.24) is 24.3 Å². The number of carbonyl (C=O) groups is 1. The van der Waals surface area contributed by atoms with E-state index < -0.39 is 0 Å². The fourth-order valence-corrected chi connectivity index (χ4v) is 3.47. The highest BCUT2D eigenvalue weighted by molar-refractivity contribution is 5.77. The zero-order chi connectivity index (χ0) is 19.6. The average molecular weight is 368 g/mol. The predicted octanol–water partition coefficient (Wildman–Crippen LogP) is 3.89. The molecule has 0 aliphatic carbocycles. The summed E-state index contributed by atoms with van der Waals surface area (Å²) in [5.41, 5.74) is 1.69. The summed E-state index contributed by atoms with van der Waals surface area (Å²) >= 11 is 0. The summed E-state index contributed by atoms with van der Waals surface area (Å²) in [5.74, 6) is 2.38. The first-order valence-corrected chi connectivity index (χ1v) is 9.44. The minimum absolute atomic E-state index is 0.0602. The van der Waals surface area contributed by atoms with Gasteiger partial charge in [-0.15, -0.1) is 0 Å². The van der Waals surface area contributed by atoms with Crippen molar-refractivity contribution in [3.8, 4) is 0 Å². The molecule has 7 heteroatoms. The topological polar surface area (TPSA) is 77.6 Å². The second kappa shape index (κ2) is 7.90. The Labute approximate surface area is 159 Å². The second-order valence-corrected chi connectivity index (χ2v) is 7.85. The highest BCUT2D eigenvalue weighted by atomic mass is 16.1. The molecule has 3 aromatic heterocycles. The Hall–Kier alpha value is -2.70. The lowest BCUT2D eigenvalue weighted by Crippen LogP contribution is -2.21. The number of aromatic nitrogens is 5. The van der Waals surface area contributed by atoms with Crippen molar-refractivity contribution in [3.05, 3.63) is 30.9 Å². The van der Waals surface area contributed by atoms with Gasteiger partial charge in [0.2, 0.25) is 5.95 Å². The number of nitrogens with zero attached hydrogens (tertiary/aromatic N) is 5. The van der Waals surface area contributed by atoms with Gasteiger partial charge in [0.05, 0.1) is 18.4 Å². The Morgan fingerprint density at radius 1 is 1.19 bits per heavy atom. The molecule has 0 aliphatic heterocycles. The van der Waals surface area contributed by atoms with E-state index in [1.54, 1.807) is 24.0 Å². The summed E-state index contributed by atoms with van der Waals surface area (Å²) in [6.07, 6.45) is 7.37. The van der Waals surface area contributed by atoms with Crippen LogP contribution in [0.4, 0.5) is 11.6 Å². The van der Waals surface area contributed by atoms with Gasteiger partial charge >= 0.3 is 0 Å². The van der Waals surface area contributed by atoms with Crippen molar-refractivity contribution in [2.45, 2.75) is 47.7 Å². The molecule has 0 aliphatic rings. The Bertz CT molecular complexity index is 916. The molecule has 3 aromatic rings. The van der Waals surface area contributed by atoms with Crippen molar-refractivity contribution < 1.29 is 4.79 Å². The molecule has 0 unspecified atom stereocenters. The number of rotatable bonds is 8. The van der Waals surface area contributed by atoms with E-state index in [1.165, 1.54) is 0 Å². The Balaban J connectivity index is 1.82. The number of hydrogen-bond donors (Lipinski definition) is 1. The molecule has 0 amide bonds. The molecule has 1 N–H and O–H groups in total. The van der Waals surface area contributed by atoms with Crippen LogP contribution in [0.3, 0.4) is 0 Å². The molecule has 0 fully saturated rings. The summed E-state index contributed by atoms with van der Waals surface area (Å²) in [7, 11) is 0. The molecule has 0 atom stereocenters. The van der Waals surface area contributed by atoms with Gasteiger partial charge in [0.1, 0.15) is 5.65 Å². The van der Waals surface area contributed by atoms with Gasteiger partial charge in [-0.1, -0.05) is 27.7 Å². The van der Waals surface area contributed by atoms with E-state index in [9.17, 15) is 4.79 Å². The normalized spacial score (nSPS) is 11.9. The number of anilines is 2. The van der Waals surface area contributed by atoms with Gasteiger partial charge in [0, 0.05) is 30.5 Å². The molecule has 0 saturated carbocycles. The maximum absolute atomic E-state index is 11.2. The van der Waals surface area contributed by atoms with Gasteiger partial charge in [0.15, 0.2) is 5.78 Å². The van der Waals surface area contributed by atoms with Gasteiger partial charge in [-0.3, -0.25) is 9.48 Å². The zero-order valence-corrected chi connectivity index (χ0v) is 16.7. The number of carbonyl (C=O) groups excluding carboxylic acids is 1. The monoisotopic (exact) mass is 368 g/mol. The van der Waals surface area contributed by atoms with E-state index in [-0.39, 0.29) is 12.3 Å². The number of ketones is 1. The summed E-state index contributed by atoms with van der Waals surface area (Å²) in [4.78, 5) is 20.3. The molecule has 0 saturated heterocycles. The predicted molar refractivity (Wildman–Crippen MR) is 107 cm³/mol. The van der Waals surface area contributed by atoms with Crippen LogP contribution in [-0.2, 0) is 17.9 Å². The minimum atomic E-state index is 0.0602. The molecule has 0 spiro atoms. The molecule has 27 heavy (non-hydrogen) atoms. The number of fused-ring (bicyclic) bond motifs is 1. The Morgan fingerprint density at radius 2 is 1.93 bits per heavy atom. The molecule has 0 bridgehead atoms. The standard InChI is InChI=1S/C20H28N6O/c1-13(2)18(14(3)4)12-25-7-6-16-8-21-20(24-19(16)25)23-17-9-22-26(11-17)10-15(5)27/h6-9,11,13-14,18H,10,12H2,1-5H3,(H,21,23,24). The van der Waals surface area contributed by atoms with Crippen molar-refractivity contribution in [2.75, 3.05) is 5.32 Å². The fraction of sp³-hybridized carbons (Fsp3) is 0.500. The maximum Gasteiger partial charge on any atom is 0.229 e. The van der Waals surface area contributed by atoms with Crippen LogP contribution in [0.15, 0.2) is 30.9 Å². The highest BCUT2D eigenvalue weighted by Gasteiger charge is 2.19. The van der Waals surface area contributed by atoms with Gasteiger partial charge in [0.25, 0.3) is 0 Å². The van der Waals surface area contributed by atoms with E-state index in [0.29, 0.717) is 23.7 Å². The molecule has 7 nitrogen and oxygen atoms in total. The smallest absolute Gasteiger partial charge is 0.229 e. The number of nitrogens with one attached hydrogen (secondary N) is 1. The van der Waals surface area contributed by atoms with E-state index in [0.717, 1.165) is 23.3 Å².